The fourth-order valence-corrected chi connectivity index (χ4v) is 4.10. The minimum Gasteiger partial charge on any atom is -0.507 e. The second kappa shape index (κ2) is 11.1. The van der Waals surface area contributed by atoms with E-state index < -0.39 is 23.7 Å². The van der Waals surface area contributed by atoms with Crippen LogP contribution in [0.15, 0.2) is 48.0 Å². The van der Waals surface area contributed by atoms with Crippen LogP contribution in [0.4, 0.5) is 0 Å². The molecule has 1 heterocycles. The first-order valence-corrected chi connectivity index (χ1v) is 11.1. The first kappa shape index (κ1) is 25.1. The largest absolute Gasteiger partial charge is 0.507 e. The second-order valence-corrected chi connectivity index (χ2v) is 8.25. The molecule has 0 aliphatic carbocycles. The number of carbonyl (C=O) groups is 3. The number of amides is 1. The summed E-state index contributed by atoms with van der Waals surface area (Å²) in [5, 5.41) is 20.5. The van der Waals surface area contributed by atoms with Crippen LogP contribution in [0.2, 0.25) is 5.02 Å². The number of unbranched alkanes of at least 4 members (excludes halogenated alkanes) is 2. The van der Waals surface area contributed by atoms with Gasteiger partial charge in [-0.15, -0.1) is 0 Å². The maximum Gasteiger partial charge on any atom is 0.303 e. The fourth-order valence-electron chi connectivity index (χ4n) is 3.98. The van der Waals surface area contributed by atoms with Crippen molar-refractivity contribution >= 4 is 35.0 Å². The summed E-state index contributed by atoms with van der Waals surface area (Å²) in [5.74, 6) is -1.90. The van der Waals surface area contributed by atoms with Gasteiger partial charge in [0, 0.05) is 23.6 Å². The van der Waals surface area contributed by atoms with Crippen molar-refractivity contribution in [2.24, 2.45) is 0 Å². The lowest BCUT2D eigenvalue weighted by molar-refractivity contribution is -0.140. The summed E-state index contributed by atoms with van der Waals surface area (Å²) < 4.78 is 10.5. The number of carboxylic acid groups (broad SMARTS) is 1. The van der Waals surface area contributed by atoms with E-state index in [4.69, 9.17) is 26.2 Å². The normalized spacial score (nSPS) is 17.1. The molecule has 1 amide bonds. The Bertz CT molecular complexity index is 1110. The zero-order valence-electron chi connectivity index (χ0n) is 18.9. The van der Waals surface area contributed by atoms with E-state index in [0.717, 1.165) is 0 Å². The second-order valence-electron chi connectivity index (χ2n) is 7.82. The topological polar surface area (TPSA) is 113 Å². The van der Waals surface area contributed by atoms with Crippen molar-refractivity contribution in [3.63, 3.8) is 0 Å². The van der Waals surface area contributed by atoms with Crippen molar-refractivity contribution in [2.75, 3.05) is 20.8 Å². The standard InChI is InChI=1S/C25H26ClNO7/c1-33-18-12-9-16(14-19(18)34-2)23(30)21-22(15-7-10-17(26)11-8-15)27(25(32)24(21)31)13-5-3-4-6-20(28)29/h7-12,14,22,30H,3-6,13H2,1-2H3,(H,28,29). The van der Waals surface area contributed by atoms with E-state index in [-0.39, 0.29) is 24.3 Å². The molecular formula is C25H26ClNO7. The van der Waals surface area contributed by atoms with Gasteiger partial charge in [-0.3, -0.25) is 14.4 Å². The van der Waals surface area contributed by atoms with Crippen LogP contribution in [0.5, 0.6) is 11.5 Å². The Morgan fingerprint density at radius 2 is 1.65 bits per heavy atom. The zero-order chi connectivity index (χ0) is 24.8. The molecule has 2 aromatic carbocycles. The van der Waals surface area contributed by atoms with E-state index >= 15 is 0 Å². The molecule has 1 unspecified atom stereocenters. The van der Waals surface area contributed by atoms with Gasteiger partial charge < -0.3 is 24.6 Å². The Morgan fingerprint density at radius 1 is 0.971 bits per heavy atom. The number of halogens is 1. The van der Waals surface area contributed by atoms with Crippen LogP contribution in [0, 0.1) is 0 Å². The summed E-state index contributed by atoms with van der Waals surface area (Å²) in [7, 11) is 2.94. The Kier molecular flexibility index (Phi) is 8.17. The minimum atomic E-state index is -0.878. The van der Waals surface area contributed by atoms with E-state index in [1.54, 1.807) is 36.4 Å². The highest BCUT2D eigenvalue weighted by atomic mass is 35.5. The number of hydrogen-bond donors (Lipinski definition) is 2. The number of carbonyl (C=O) groups excluding carboxylic acids is 2. The molecule has 8 nitrogen and oxygen atoms in total. The summed E-state index contributed by atoms with van der Waals surface area (Å²) in [6.45, 7) is 0.236. The predicted octanol–water partition coefficient (Wildman–Crippen LogP) is 4.42. The summed E-state index contributed by atoms with van der Waals surface area (Å²) in [6.07, 6.45) is 1.61. The van der Waals surface area contributed by atoms with Crippen molar-refractivity contribution in [3.05, 3.63) is 64.2 Å². The van der Waals surface area contributed by atoms with E-state index in [2.05, 4.69) is 0 Å². The first-order valence-electron chi connectivity index (χ1n) is 10.8. The fraction of sp³-hybridized carbons (Fsp3) is 0.320. The molecule has 0 aromatic heterocycles. The number of aliphatic carboxylic acids is 1. The van der Waals surface area contributed by atoms with E-state index in [1.807, 2.05) is 0 Å². The smallest absolute Gasteiger partial charge is 0.303 e. The van der Waals surface area contributed by atoms with Crippen molar-refractivity contribution in [2.45, 2.75) is 31.7 Å². The Labute approximate surface area is 202 Å². The Hall–Kier alpha value is -3.52. The SMILES string of the molecule is COc1ccc(C(O)=C2C(=O)C(=O)N(CCCCCC(=O)O)C2c2ccc(Cl)cc2)cc1OC. The Morgan fingerprint density at radius 3 is 2.26 bits per heavy atom. The molecule has 0 bridgehead atoms. The minimum absolute atomic E-state index is 0.0370. The van der Waals surface area contributed by atoms with Crippen molar-refractivity contribution in [3.8, 4) is 11.5 Å². The molecule has 34 heavy (non-hydrogen) atoms. The monoisotopic (exact) mass is 487 g/mol. The van der Waals surface area contributed by atoms with Gasteiger partial charge in [-0.25, -0.2) is 0 Å². The molecule has 1 atom stereocenters. The molecular weight excluding hydrogens is 462 g/mol. The highest BCUT2D eigenvalue weighted by Gasteiger charge is 2.45. The molecule has 180 valence electrons. The van der Waals surface area contributed by atoms with Gasteiger partial charge in [-0.1, -0.05) is 30.2 Å². The summed E-state index contributed by atoms with van der Waals surface area (Å²) in [5.41, 5.74) is 0.886. The predicted molar refractivity (Wildman–Crippen MR) is 126 cm³/mol. The van der Waals surface area contributed by atoms with Crippen LogP contribution in [0.3, 0.4) is 0 Å². The molecule has 1 aliphatic rings. The molecule has 1 saturated heterocycles. The average Bonchev–Trinajstić information content (AvgIpc) is 3.08. The van der Waals surface area contributed by atoms with Gasteiger partial charge in [0.05, 0.1) is 25.8 Å². The molecule has 0 radical (unpaired) electrons. The number of rotatable bonds is 10. The van der Waals surface area contributed by atoms with Crippen LogP contribution in [0.1, 0.15) is 42.9 Å². The number of Topliss-reactive ketones (excluding diaryl/α,β-unsaturated/α-hetero) is 1. The zero-order valence-corrected chi connectivity index (χ0v) is 19.7. The molecule has 2 aromatic rings. The molecule has 1 aliphatic heterocycles. The highest BCUT2D eigenvalue weighted by Crippen LogP contribution is 2.41. The number of benzene rings is 2. The molecule has 0 spiro atoms. The van der Waals surface area contributed by atoms with E-state index in [9.17, 15) is 19.5 Å². The van der Waals surface area contributed by atoms with Gasteiger partial charge >= 0.3 is 5.97 Å². The third kappa shape index (κ3) is 5.34. The highest BCUT2D eigenvalue weighted by molar-refractivity contribution is 6.46. The van der Waals surface area contributed by atoms with Crippen LogP contribution >= 0.6 is 11.6 Å². The lowest BCUT2D eigenvalue weighted by Crippen LogP contribution is -2.30. The van der Waals surface area contributed by atoms with Crippen molar-refractivity contribution in [1.82, 2.24) is 4.90 Å². The number of carboxylic acids is 1. The molecule has 2 N–H and O–H groups in total. The number of ketones is 1. The number of aliphatic hydroxyl groups excluding tert-OH is 1. The van der Waals surface area contributed by atoms with Gasteiger partial charge in [-0.05, 0) is 48.7 Å². The number of likely N-dealkylation sites (tertiary alicyclic amines) is 1. The number of ether oxygens (including phenoxy) is 2. The maximum absolute atomic E-state index is 13.1. The van der Waals surface area contributed by atoms with Gasteiger partial charge in [0.1, 0.15) is 5.76 Å². The van der Waals surface area contributed by atoms with Gasteiger partial charge in [0.15, 0.2) is 11.5 Å². The van der Waals surface area contributed by atoms with Crippen LogP contribution in [-0.4, -0.2) is 53.5 Å². The van der Waals surface area contributed by atoms with Gasteiger partial charge in [-0.2, -0.15) is 0 Å². The number of aliphatic hydroxyl groups is 1. The van der Waals surface area contributed by atoms with Gasteiger partial charge in [0.25, 0.3) is 11.7 Å². The van der Waals surface area contributed by atoms with E-state index in [0.29, 0.717) is 46.9 Å². The molecule has 9 heteroatoms. The Balaban J connectivity index is 2.01. The average molecular weight is 488 g/mol. The van der Waals surface area contributed by atoms with Crippen molar-refractivity contribution < 1.29 is 34.1 Å². The van der Waals surface area contributed by atoms with Gasteiger partial charge in [0.2, 0.25) is 0 Å². The van der Waals surface area contributed by atoms with Crippen LogP contribution < -0.4 is 9.47 Å². The molecule has 3 rings (SSSR count). The number of nitrogens with zero attached hydrogens (tertiary/aromatic N) is 1. The van der Waals surface area contributed by atoms with Crippen molar-refractivity contribution in [1.29, 1.82) is 0 Å². The number of methoxy groups -OCH3 is 2. The molecule has 0 saturated carbocycles. The summed E-state index contributed by atoms with van der Waals surface area (Å²) in [4.78, 5) is 38.2. The quantitative estimate of drug-likeness (QED) is 0.220. The summed E-state index contributed by atoms with van der Waals surface area (Å²) >= 11 is 6.03. The third-order valence-corrected chi connectivity index (χ3v) is 5.92. The lowest BCUT2D eigenvalue weighted by Gasteiger charge is -2.25. The molecule has 1 fully saturated rings. The first-order chi connectivity index (χ1) is 16.3. The van der Waals surface area contributed by atoms with Crippen LogP contribution in [-0.2, 0) is 14.4 Å². The lowest BCUT2D eigenvalue weighted by atomic mass is 9.95. The van der Waals surface area contributed by atoms with E-state index in [1.165, 1.54) is 25.2 Å². The van der Waals surface area contributed by atoms with Crippen LogP contribution in [0.25, 0.3) is 5.76 Å². The maximum atomic E-state index is 13.1. The third-order valence-electron chi connectivity index (χ3n) is 5.67. The summed E-state index contributed by atoms with van der Waals surface area (Å²) in [6, 6.07) is 10.6. The number of hydrogen-bond acceptors (Lipinski definition) is 6.